The number of amides is 1. The number of ether oxygens (including phenoxy) is 2. The highest BCUT2D eigenvalue weighted by molar-refractivity contribution is 5.81. The quantitative estimate of drug-likeness (QED) is 0.114. The molecule has 5 nitrogen and oxygen atoms in total. The molecule has 0 radical (unpaired) electrons. The van der Waals surface area contributed by atoms with Gasteiger partial charge in [-0.1, -0.05) is 130 Å². The molecule has 0 aromatic heterocycles. The van der Waals surface area contributed by atoms with Gasteiger partial charge in [-0.3, -0.25) is 0 Å². The van der Waals surface area contributed by atoms with Crippen molar-refractivity contribution in [2.45, 2.75) is 155 Å². The summed E-state index contributed by atoms with van der Waals surface area (Å²) in [6.07, 6.45) is 23.8. The number of nitrogens with one attached hydrogen (secondary N) is 1. The van der Waals surface area contributed by atoms with Crippen LogP contribution in [0.5, 0.6) is 0 Å². The Bertz CT molecular complexity index is 442. The van der Waals surface area contributed by atoms with Crippen LogP contribution in [0.1, 0.15) is 149 Å². The van der Waals surface area contributed by atoms with Crippen molar-refractivity contribution >= 4 is 12.1 Å². The maximum atomic E-state index is 12.3. The van der Waals surface area contributed by atoms with Gasteiger partial charge in [-0.25, -0.2) is 9.59 Å². The molecule has 5 heteroatoms. The van der Waals surface area contributed by atoms with Gasteiger partial charge < -0.3 is 14.8 Å². The first kappa shape index (κ1) is 31.7. The zero-order valence-corrected chi connectivity index (χ0v) is 22.3. The fraction of sp³-hybridized carbons (Fsp3) is 0.929. The van der Waals surface area contributed by atoms with Crippen LogP contribution in [0.3, 0.4) is 0 Å². The molecule has 196 valence electrons. The number of rotatable bonds is 24. The van der Waals surface area contributed by atoms with Crippen LogP contribution < -0.4 is 5.32 Å². The highest BCUT2D eigenvalue weighted by Crippen LogP contribution is 2.14. The topological polar surface area (TPSA) is 64.6 Å². The van der Waals surface area contributed by atoms with E-state index in [1.807, 2.05) is 13.8 Å². The molecule has 1 amide bonds. The van der Waals surface area contributed by atoms with Crippen LogP contribution in [-0.2, 0) is 14.3 Å². The van der Waals surface area contributed by atoms with E-state index in [1.165, 1.54) is 89.9 Å². The molecule has 0 rings (SSSR count). The number of hydrogen-bond acceptors (Lipinski definition) is 4. The molecule has 1 N–H and O–H groups in total. The highest BCUT2D eigenvalue weighted by atomic mass is 16.6. The third kappa shape index (κ3) is 22.3. The summed E-state index contributed by atoms with van der Waals surface area (Å²) < 4.78 is 10.5. The standard InChI is InChI=1S/C28H55NO4/c1-4-7-9-10-11-12-13-14-15-16-17-18-19-20-21-22-25-32-27(30)26(23-6-3)29-28(31)33-24-8-5-2/h26H,4-25H2,1-3H3,(H,29,31). The van der Waals surface area contributed by atoms with Crippen LogP contribution in [0, 0.1) is 0 Å². The minimum atomic E-state index is -0.606. The molecule has 0 saturated carbocycles. The Morgan fingerprint density at radius 1 is 0.545 bits per heavy atom. The molecule has 0 aliphatic rings. The lowest BCUT2D eigenvalue weighted by Gasteiger charge is -2.17. The SMILES string of the molecule is CCCCCCCCCCCCCCCCCCOC(=O)C(CCC)NC(=O)OCCCC. The summed E-state index contributed by atoms with van der Waals surface area (Å²) in [7, 11) is 0. The Morgan fingerprint density at radius 3 is 1.42 bits per heavy atom. The molecule has 0 aromatic rings. The third-order valence-corrected chi connectivity index (χ3v) is 6.13. The Balaban J connectivity index is 3.54. The molecule has 0 fully saturated rings. The molecule has 0 bridgehead atoms. The lowest BCUT2D eigenvalue weighted by Crippen LogP contribution is -2.42. The van der Waals surface area contributed by atoms with E-state index in [0.717, 1.165) is 32.1 Å². The van der Waals surface area contributed by atoms with Crippen molar-refractivity contribution in [1.82, 2.24) is 5.32 Å². The summed E-state index contributed by atoms with van der Waals surface area (Å²) in [5.41, 5.74) is 0. The summed E-state index contributed by atoms with van der Waals surface area (Å²) in [5.74, 6) is -0.342. The largest absolute Gasteiger partial charge is 0.464 e. The summed E-state index contributed by atoms with van der Waals surface area (Å²) in [6.45, 7) is 7.12. The Morgan fingerprint density at radius 2 is 0.970 bits per heavy atom. The number of carbonyl (C=O) groups is 2. The smallest absolute Gasteiger partial charge is 0.407 e. The molecule has 1 atom stereocenters. The van der Waals surface area contributed by atoms with Gasteiger partial charge in [0, 0.05) is 0 Å². The van der Waals surface area contributed by atoms with Crippen LogP contribution in [0.2, 0.25) is 0 Å². The van der Waals surface area contributed by atoms with Crippen LogP contribution in [0.4, 0.5) is 4.79 Å². The highest BCUT2D eigenvalue weighted by Gasteiger charge is 2.21. The lowest BCUT2D eigenvalue weighted by atomic mass is 10.0. The van der Waals surface area contributed by atoms with Crippen LogP contribution in [0.25, 0.3) is 0 Å². The van der Waals surface area contributed by atoms with Gasteiger partial charge in [-0.15, -0.1) is 0 Å². The van der Waals surface area contributed by atoms with Crippen molar-refractivity contribution in [3.8, 4) is 0 Å². The molecular weight excluding hydrogens is 414 g/mol. The van der Waals surface area contributed by atoms with Gasteiger partial charge in [-0.05, 0) is 19.3 Å². The number of alkyl carbamates (subject to hydrolysis) is 1. The van der Waals surface area contributed by atoms with E-state index < -0.39 is 12.1 Å². The second kappa shape index (κ2) is 25.4. The molecule has 0 saturated heterocycles. The van der Waals surface area contributed by atoms with Gasteiger partial charge in [-0.2, -0.15) is 0 Å². The van der Waals surface area contributed by atoms with Gasteiger partial charge in [0.05, 0.1) is 13.2 Å². The van der Waals surface area contributed by atoms with Crippen molar-refractivity contribution in [1.29, 1.82) is 0 Å². The van der Waals surface area contributed by atoms with Crippen molar-refractivity contribution in [3.63, 3.8) is 0 Å². The van der Waals surface area contributed by atoms with Crippen molar-refractivity contribution in [3.05, 3.63) is 0 Å². The Labute approximate surface area is 205 Å². The molecule has 0 aliphatic heterocycles. The molecule has 0 aliphatic carbocycles. The summed E-state index contributed by atoms with van der Waals surface area (Å²) in [6, 6.07) is -0.606. The van der Waals surface area contributed by atoms with E-state index in [1.54, 1.807) is 0 Å². The number of hydrogen-bond donors (Lipinski definition) is 1. The first-order chi connectivity index (χ1) is 16.2. The average Bonchev–Trinajstić information content (AvgIpc) is 2.80. The van der Waals surface area contributed by atoms with E-state index in [0.29, 0.717) is 19.6 Å². The Hall–Kier alpha value is -1.26. The fourth-order valence-corrected chi connectivity index (χ4v) is 3.95. The van der Waals surface area contributed by atoms with Gasteiger partial charge in [0.15, 0.2) is 0 Å². The zero-order chi connectivity index (χ0) is 24.4. The average molecular weight is 470 g/mol. The second-order valence-corrected chi connectivity index (χ2v) is 9.45. The fourth-order valence-electron chi connectivity index (χ4n) is 3.95. The van der Waals surface area contributed by atoms with Gasteiger partial charge >= 0.3 is 12.1 Å². The molecule has 33 heavy (non-hydrogen) atoms. The van der Waals surface area contributed by atoms with Crippen LogP contribution in [0.15, 0.2) is 0 Å². The van der Waals surface area contributed by atoms with E-state index in [-0.39, 0.29) is 5.97 Å². The lowest BCUT2D eigenvalue weighted by molar-refractivity contribution is -0.146. The normalized spacial score (nSPS) is 11.8. The maximum absolute atomic E-state index is 12.3. The summed E-state index contributed by atoms with van der Waals surface area (Å²) >= 11 is 0. The number of carbonyl (C=O) groups excluding carboxylic acids is 2. The predicted molar refractivity (Wildman–Crippen MR) is 139 cm³/mol. The second-order valence-electron chi connectivity index (χ2n) is 9.45. The van der Waals surface area contributed by atoms with E-state index in [2.05, 4.69) is 12.2 Å². The summed E-state index contributed by atoms with van der Waals surface area (Å²) in [4.78, 5) is 24.1. The third-order valence-electron chi connectivity index (χ3n) is 6.13. The summed E-state index contributed by atoms with van der Waals surface area (Å²) in [5, 5.41) is 2.65. The first-order valence-corrected chi connectivity index (χ1v) is 14.3. The Kier molecular flexibility index (Phi) is 24.4. The van der Waals surface area contributed by atoms with E-state index in [4.69, 9.17) is 9.47 Å². The maximum Gasteiger partial charge on any atom is 0.407 e. The monoisotopic (exact) mass is 469 g/mol. The number of esters is 1. The van der Waals surface area contributed by atoms with Crippen molar-refractivity contribution in [2.75, 3.05) is 13.2 Å². The van der Waals surface area contributed by atoms with Gasteiger partial charge in [0.2, 0.25) is 0 Å². The minimum absolute atomic E-state index is 0.342. The van der Waals surface area contributed by atoms with Crippen LogP contribution in [-0.4, -0.2) is 31.3 Å². The van der Waals surface area contributed by atoms with E-state index >= 15 is 0 Å². The molecule has 1 unspecified atom stereocenters. The van der Waals surface area contributed by atoms with Gasteiger partial charge in [0.25, 0.3) is 0 Å². The van der Waals surface area contributed by atoms with Crippen LogP contribution >= 0.6 is 0 Å². The molecule has 0 spiro atoms. The van der Waals surface area contributed by atoms with E-state index in [9.17, 15) is 9.59 Å². The zero-order valence-electron chi connectivity index (χ0n) is 22.3. The predicted octanol–water partition coefficient (Wildman–Crippen LogP) is 8.49. The van der Waals surface area contributed by atoms with Gasteiger partial charge in [0.1, 0.15) is 6.04 Å². The van der Waals surface area contributed by atoms with Crippen molar-refractivity contribution in [2.24, 2.45) is 0 Å². The minimum Gasteiger partial charge on any atom is -0.464 e. The molecule has 0 aromatic carbocycles. The number of unbranched alkanes of at least 4 members (excludes halogenated alkanes) is 16. The van der Waals surface area contributed by atoms with Crippen molar-refractivity contribution < 1.29 is 19.1 Å². The first-order valence-electron chi connectivity index (χ1n) is 14.3. The molecule has 0 heterocycles. The molecular formula is C28H55NO4.